The average molecular weight is 242 g/mol. The molecule has 0 spiro atoms. The van der Waals surface area contributed by atoms with Gasteiger partial charge in [0.25, 0.3) is 0 Å². The number of methoxy groups -OCH3 is 1. The zero-order chi connectivity index (χ0) is 12.1. The van der Waals surface area contributed by atoms with Crippen molar-refractivity contribution >= 4 is 11.6 Å². The second-order valence-electron chi connectivity index (χ2n) is 4.49. The van der Waals surface area contributed by atoms with Crippen LogP contribution < -0.4 is 0 Å². The fourth-order valence-corrected chi connectivity index (χ4v) is 2.13. The van der Waals surface area contributed by atoms with E-state index in [2.05, 4.69) is 32.0 Å². The Balaban J connectivity index is 2.86. The molecule has 1 aromatic carbocycles. The molecule has 0 heterocycles. The van der Waals surface area contributed by atoms with Crippen molar-refractivity contribution in [2.75, 3.05) is 27.7 Å². The number of rotatable bonds is 5. The molecule has 0 N–H and O–H groups in total. The maximum atomic E-state index is 6.10. The molecule has 3 heteroatoms. The highest BCUT2D eigenvalue weighted by atomic mass is 35.5. The molecule has 16 heavy (non-hydrogen) atoms. The molecule has 0 bridgehead atoms. The van der Waals surface area contributed by atoms with Crippen molar-refractivity contribution in [2.45, 2.75) is 19.4 Å². The fourth-order valence-electron chi connectivity index (χ4n) is 1.86. The number of hydrogen-bond donors (Lipinski definition) is 0. The molecule has 0 saturated carbocycles. The maximum absolute atomic E-state index is 6.10. The lowest BCUT2D eigenvalue weighted by molar-refractivity contribution is 0.185. The summed E-state index contributed by atoms with van der Waals surface area (Å²) < 4.78 is 5.13. The Morgan fingerprint density at radius 2 is 2.00 bits per heavy atom. The summed E-state index contributed by atoms with van der Waals surface area (Å²) in [6, 6.07) is 6.16. The van der Waals surface area contributed by atoms with E-state index in [1.54, 1.807) is 7.11 Å². The number of ether oxygens (including phenoxy) is 1. The Morgan fingerprint density at radius 1 is 1.31 bits per heavy atom. The second-order valence-corrected chi connectivity index (χ2v) is 4.93. The number of likely N-dealkylation sites (N-methyl/N-ethyl adjacent to an activating group) is 1. The van der Waals surface area contributed by atoms with Gasteiger partial charge in [0.1, 0.15) is 0 Å². The third-order valence-electron chi connectivity index (χ3n) is 2.50. The number of benzene rings is 1. The summed E-state index contributed by atoms with van der Waals surface area (Å²) in [5.41, 5.74) is 2.41. The molecule has 1 rings (SSSR count). The van der Waals surface area contributed by atoms with E-state index < -0.39 is 0 Å². The summed E-state index contributed by atoms with van der Waals surface area (Å²) in [6.07, 6.45) is 0. The van der Waals surface area contributed by atoms with Gasteiger partial charge in [-0.05, 0) is 43.3 Å². The third-order valence-corrected chi connectivity index (χ3v) is 2.72. The van der Waals surface area contributed by atoms with Crippen LogP contribution in [0.3, 0.4) is 0 Å². The van der Waals surface area contributed by atoms with Crippen LogP contribution in [0.15, 0.2) is 18.2 Å². The minimum absolute atomic E-state index is 0.476. The van der Waals surface area contributed by atoms with E-state index in [4.69, 9.17) is 16.3 Å². The monoisotopic (exact) mass is 241 g/mol. The van der Waals surface area contributed by atoms with E-state index in [1.807, 2.05) is 12.1 Å². The first-order valence-electron chi connectivity index (χ1n) is 5.46. The second kappa shape index (κ2) is 6.24. The van der Waals surface area contributed by atoms with Crippen molar-refractivity contribution in [3.8, 4) is 0 Å². The van der Waals surface area contributed by atoms with E-state index in [-0.39, 0.29) is 0 Å². The topological polar surface area (TPSA) is 12.5 Å². The van der Waals surface area contributed by atoms with Crippen molar-refractivity contribution in [3.63, 3.8) is 0 Å². The molecular formula is C13H20ClNO. The van der Waals surface area contributed by atoms with E-state index in [1.165, 1.54) is 5.56 Å². The minimum atomic E-state index is 0.476. The van der Waals surface area contributed by atoms with E-state index in [0.29, 0.717) is 12.5 Å². The lowest BCUT2D eigenvalue weighted by Crippen LogP contribution is -2.18. The largest absolute Gasteiger partial charge is 0.380 e. The molecule has 0 aromatic heterocycles. The van der Waals surface area contributed by atoms with Gasteiger partial charge in [-0.1, -0.05) is 24.6 Å². The normalized spacial score (nSPS) is 13.1. The van der Waals surface area contributed by atoms with Gasteiger partial charge in [0.2, 0.25) is 0 Å². The Hall–Kier alpha value is -0.570. The lowest BCUT2D eigenvalue weighted by Gasteiger charge is -2.18. The van der Waals surface area contributed by atoms with Crippen molar-refractivity contribution < 1.29 is 4.74 Å². The van der Waals surface area contributed by atoms with Crippen LogP contribution in [-0.2, 0) is 11.3 Å². The third kappa shape index (κ3) is 4.12. The van der Waals surface area contributed by atoms with E-state index >= 15 is 0 Å². The summed E-state index contributed by atoms with van der Waals surface area (Å²) in [4.78, 5) is 2.18. The quantitative estimate of drug-likeness (QED) is 0.785. The fraction of sp³-hybridized carbons (Fsp3) is 0.538. The van der Waals surface area contributed by atoms with Gasteiger partial charge in [-0.15, -0.1) is 0 Å². The molecule has 0 fully saturated rings. The van der Waals surface area contributed by atoms with Gasteiger partial charge >= 0.3 is 0 Å². The zero-order valence-corrected chi connectivity index (χ0v) is 11.2. The highest BCUT2D eigenvalue weighted by molar-refractivity contribution is 6.30. The first-order chi connectivity index (χ1) is 7.52. The van der Waals surface area contributed by atoms with Crippen molar-refractivity contribution in [1.29, 1.82) is 0 Å². The van der Waals surface area contributed by atoms with E-state index in [0.717, 1.165) is 17.1 Å². The van der Waals surface area contributed by atoms with Gasteiger partial charge in [0.15, 0.2) is 0 Å². The Bertz CT molecular complexity index is 339. The molecule has 1 aromatic rings. The van der Waals surface area contributed by atoms with Crippen LogP contribution in [0, 0.1) is 0 Å². The molecule has 1 unspecified atom stereocenters. The van der Waals surface area contributed by atoms with Crippen LogP contribution in [0.2, 0.25) is 5.02 Å². The number of halogens is 1. The number of hydrogen-bond acceptors (Lipinski definition) is 2. The highest BCUT2D eigenvalue weighted by Gasteiger charge is 2.09. The average Bonchev–Trinajstić information content (AvgIpc) is 2.16. The maximum Gasteiger partial charge on any atom is 0.0713 e. The van der Waals surface area contributed by atoms with Crippen LogP contribution in [0.25, 0.3) is 0 Å². The molecule has 0 saturated heterocycles. The van der Waals surface area contributed by atoms with Gasteiger partial charge < -0.3 is 9.64 Å². The predicted octanol–water partition coefficient (Wildman–Crippen LogP) is 3.15. The molecule has 90 valence electrons. The van der Waals surface area contributed by atoms with Crippen LogP contribution >= 0.6 is 11.6 Å². The first kappa shape index (κ1) is 13.5. The summed E-state index contributed by atoms with van der Waals surface area (Å²) in [7, 11) is 5.86. The van der Waals surface area contributed by atoms with Gasteiger partial charge in [-0.2, -0.15) is 0 Å². The lowest BCUT2D eigenvalue weighted by atomic mass is 9.99. The van der Waals surface area contributed by atoms with Crippen molar-refractivity contribution in [3.05, 3.63) is 34.3 Å². The first-order valence-corrected chi connectivity index (χ1v) is 5.83. The van der Waals surface area contributed by atoms with Crippen LogP contribution in [0.5, 0.6) is 0 Å². The molecule has 0 aliphatic rings. The molecule has 0 aliphatic heterocycles. The Kier molecular flexibility index (Phi) is 5.26. The van der Waals surface area contributed by atoms with Gasteiger partial charge in [0.05, 0.1) is 6.61 Å². The minimum Gasteiger partial charge on any atom is -0.380 e. The molecular weight excluding hydrogens is 222 g/mol. The van der Waals surface area contributed by atoms with Crippen molar-refractivity contribution in [2.24, 2.45) is 0 Å². The molecule has 0 radical (unpaired) electrons. The van der Waals surface area contributed by atoms with Crippen molar-refractivity contribution in [1.82, 2.24) is 4.90 Å². The summed E-state index contributed by atoms with van der Waals surface area (Å²) in [5, 5.41) is 0.787. The standard InChI is InChI=1S/C13H20ClNO/c1-10(8-15(2)3)12-5-11(9-16-4)6-13(14)7-12/h5-7,10H,8-9H2,1-4H3. The van der Waals surface area contributed by atoms with Crippen LogP contribution in [-0.4, -0.2) is 32.6 Å². The van der Waals surface area contributed by atoms with Crippen LogP contribution in [0.4, 0.5) is 0 Å². The SMILES string of the molecule is COCc1cc(Cl)cc(C(C)CN(C)C)c1. The molecule has 0 amide bonds. The summed E-state index contributed by atoms with van der Waals surface area (Å²) in [6.45, 7) is 3.84. The highest BCUT2D eigenvalue weighted by Crippen LogP contribution is 2.22. The summed E-state index contributed by atoms with van der Waals surface area (Å²) in [5.74, 6) is 0.476. The number of nitrogens with zero attached hydrogens (tertiary/aromatic N) is 1. The van der Waals surface area contributed by atoms with Gasteiger partial charge in [-0.25, -0.2) is 0 Å². The Labute approximate surface area is 103 Å². The van der Waals surface area contributed by atoms with E-state index in [9.17, 15) is 0 Å². The Morgan fingerprint density at radius 3 is 2.56 bits per heavy atom. The molecule has 2 nitrogen and oxygen atoms in total. The van der Waals surface area contributed by atoms with Gasteiger partial charge in [-0.3, -0.25) is 0 Å². The molecule has 1 atom stereocenters. The molecule has 0 aliphatic carbocycles. The zero-order valence-electron chi connectivity index (χ0n) is 10.5. The van der Waals surface area contributed by atoms with Gasteiger partial charge in [0, 0.05) is 18.7 Å². The van der Waals surface area contributed by atoms with Crippen LogP contribution in [0.1, 0.15) is 24.0 Å². The smallest absolute Gasteiger partial charge is 0.0713 e. The summed E-state index contributed by atoms with van der Waals surface area (Å²) >= 11 is 6.10. The predicted molar refractivity (Wildman–Crippen MR) is 69.1 cm³/mol.